The fraction of sp³-hybridized carbons (Fsp3) is 0.500. The van der Waals surface area contributed by atoms with E-state index >= 15 is 0 Å². The molecule has 0 aliphatic rings. The minimum atomic E-state index is -3.65. The first-order chi connectivity index (χ1) is 8.82. The third kappa shape index (κ3) is 2.51. The van der Waals surface area contributed by atoms with Gasteiger partial charge in [0, 0.05) is 20.3 Å². The highest BCUT2D eigenvalue weighted by Crippen LogP contribution is 2.23. The van der Waals surface area contributed by atoms with Crippen molar-refractivity contribution in [1.82, 2.24) is 24.5 Å². The summed E-state index contributed by atoms with van der Waals surface area (Å²) in [7, 11) is -0.442. The number of hydrogen-bond acceptors (Lipinski definition) is 6. The molecular weight excluding hydrogens is 270 g/mol. The van der Waals surface area contributed by atoms with Gasteiger partial charge in [-0.15, -0.1) is 5.10 Å². The van der Waals surface area contributed by atoms with Crippen LogP contribution in [0.4, 0.5) is 0 Å². The van der Waals surface area contributed by atoms with Gasteiger partial charge >= 0.3 is 0 Å². The van der Waals surface area contributed by atoms with Crippen LogP contribution in [0, 0.1) is 13.8 Å². The molecule has 0 saturated heterocycles. The lowest BCUT2D eigenvalue weighted by Gasteiger charge is -2.15. The van der Waals surface area contributed by atoms with E-state index in [9.17, 15) is 8.42 Å². The molecule has 0 unspecified atom stereocenters. The van der Waals surface area contributed by atoms with Crippen LogP contribution in [0.2, 0.25) is 0 Å². The Labute approximate surface area is 111 Å². The Bertz CT molecular complexity index is 668. The van der Waals surface area contributed by atoms with Gasteiger partial charge in [-0.05, 0) is 13.8 Å². The van der Waals surface area contributed by atoms with Crippen molar-refractivity contribution in [3.05, 3.63) is 23.3 Å². The van der Waals surface area contributed by atoms with Gasteiger partial charge in [0.2, 0.25) is 10.0 Å². The maximum Gasteiger partial charge on any atom is 0.248 e. The minimum Gasteiger partial charge on any atom is -0.360 e. The fourth-order valence-corrected chi connectivity index (χ4v) is 3.20. The summed E-state index contributed by atoms with van der Waals surface area (Å²) in [5.74, 6) is 0.281. The second-order valence-corrected chi connectivity index (χ2v) is 6.28. The Morgan fingerprint density at radius 3 is 2.58 bits per heavy atom. The van der Waals surface area contributed by atoms with E-state index in [0.717, 1.165) is 0 Å². The molecule has 9 heteroatoms. The van der Waals surface area contributed by atoms with Gasteiger partial charge in [-0.25, -0.2) is 8.42 Å². The molecule has 2 aromatic heterocycles. The van der Waals surface area contributed by atoms with Gasteiger partial charge < -0.3 is 4.52 Å². The zero-order chi connectivity index (χ0) is 14.2. The first-order valence-corrected chi connectivity index (χ1v) is 7.01. The van der Waals surface area contributed by atoms with Gasteiger partial charge in [0.05, 0.1) is 12.2 Å². The Hall–Kier alpha value is -1.74. The number of nitrogens with zero attached hydrogens (tertiary/aromatic N) is 5. The first-order valence-electron chi connectivity index (χ1n) is 5.57. The second kappa shape index (κ2) is 4.74. The maximum absolute atomic E-state index is 12.4. The van der Waals surface area contributed by atoms with E-state index in [0.29, 0.717) is 11.4 Å². The van der Waals surface area contributed by atoms with E-state index in [1.54, 1.807) is 27.1 Å². The molecule has 0 N–H and O–H groups in total. The molecule has 8 nitrogen and oxygen atoms in total. The van der Waals surface area contributed by atoms with Crippen LogP contribution in [-0.2, 0) is 23.6 Å². The Morgan fingerprint density at radius 1 is 1.42 bits per heavy atom. The van der Waals surface area contributed by atoms with Crippen LogP contribution in [-0.4, -0.2) is 39.9 Å². The lowest BCUT2D eigenvalue weighted by atomic mass is 10.4. The molecule has 0 aromatic carbocycles. The molecule has 0 fully saturated rings. The van der Waals surface area contributed by atoms with Crippen LogP contribution in [0.25, 0.3) is 0 Å². The first kappa shape index (κ1) is 13.7. The van der Waals surface area contributed by atoms with Gasteiger partial charge in [-0.1, -0.05) is 10.4 Å². The Morgan fingerprint density at radius 2 is 2.11 bits per heavy atom. The van der Waals surface area contributed by atoms with Crippen molar-refractivity contribution in [2.75, 3.05) is 7.05 Å². The quantitative estimate of drug-likeness (QED) is 0.798. The summed E-state index contributed by atoms with van der Waals surface area (Å²) >= 11 is 0. The topological polar surface area (TPSA) is 94.1 Å². The highest BCUT2D eigenvalue weighted by molar-refractivity contribution is 7.89. The molecule has 0 amide bonds. The number of hydrogen-bond donors (Lipinski definition) is 0. The van der Waals surface area contributed by atoms with E-state index in [1.165, 1.54) is 16.0 Å². The highest BCUT2D eigenvalue weighted by atomic mass is 32.2. The van der Waals surface area contributed by atoms with Crippen molar-refractivity contribution >= 4 is 10.0 Å². The van der Waals surface area contributed by atoms with E-state index in [4.69, 9.17) is 4.52 Å². The van der Waals surface area contributed by atoms with Crippen LogP contribution in [0.5, 0.6) is 0 Å². The van der Waals surface area contributed by atoms with Gasteiger partial charge in [0.15, 0.2) is 5.76 Å². The monoisotopic (exact) mass is 285 g/mol. The molecule has 2 aromatic rings. The summed E-state index contributed by atoms with van der Waals surface area (Å²) in [6.07, 6.45) is 1.67. The van der Waals surface area contributed by atoms with Crippen molar-refractivity contribution in [1.29, 1.82) is 0 Å². The molecule has 19 heavy (non-hydrogen) atoms. The molecule has 0 bridgehead atoms. The van der Waals surface area contributed by atoms with Crippen molar-refractivity contribution in [3.63, 3.8) is 0 Å². The molecule has 2 rings (SSSR count). The van der Waals surface area contributed by atoms with Crippen LogP contribution < -0.4 is 0 Å². The third-order valence-corrected chi connectivity index (χ3v) is 4.72. The third-order valence-electron chi connectivity index (χ3n) is 2.67. The summed E-state index contributed by atoms with van der Waals surface area (Å²) < 4.78 is 32.4. The maximum atomic E-state index is 12.4. The van der Waals surface area contributed by atoms with Gasteiger partial charge in [-0.3, -0.25) is 4.68 Å². The second-order valence-electron chi connectivity index (χ2n) is 4.30. The van der Waals surface area contributed by atoms with Gasteiger partial charge in [0.25, 0.3) is 0 Å². The van der Waals surface area contributed by atoms with Crippen LogP contribution in [0.3, 0.4) is 0 Å². The molecular formula is C10H15N5O3S. The molecule has 2 heterocycles. The number of sulfonamides is 1. The SMILES string of the molecule is Cc1noc(C)c1S(=O)(=O)N(C)Cc1cn(C)nn1. The molecule has 0 radical (unpaired) electrons. The van der Waals surface area contributed by atoms with E-state index in [2.05, 4.69) is 15.5 Å². The summed E-state index contributed by atoms with van der Waals surface area (Å²) in [6, 6.07) is 0. The van der Waals surface area contributed by atoms with E-state index in [1.807, 2.05) is 0 Å². The molecule has 0 aliphatic heterocycles. The standard InChI is InChI=1S/C10H15N5O3S/c1-7-10(8(2)18-12-7)19(16,17)15(4)6-9-5-14(3)13-11-9/h5H,6H2,1-4H3. The molecule has 0 spiro atoms. The largest absolute Gasteiger partial charge is 0.360 e. The molecule has 0 atom stereocenters. The summed E-state index contributed by atoms with van der Waals surface area (Å²) in [4.78, 5) is 0.110. The number of aryl methyl sites for hydroxylation is 3. The normalized spacial score (nSPS) is 12.3. The van der Waals surface area contributed by atoms with Crippen LogP contribution in [0.15, 0.2) is 15.6 Å². The number of rotatable bonds is 4. The predicted molar refractivity (Wildman–Crippen MR) is 65.6 cm³/mol. The molecule has 0 aliphatic carbocycles. The zero-order valence-electron chi connectivity index (χ0n) is 11.2. The van der Waals surface area contributed by atoms with Crippen molar-refractivity contribution < 1.29 is 12.9 Å². The highest BCUT2D eigenvalue weighted by Gasteiger charge is 2.29. The summed E-state index contributed by atoms with van der Waals surface area (Å²) in [5.41, 5.74) is 0.920. The van der Waals surface area contributed by atoms with Crippen molar-refractivity contribution in [3.8, 4) is 0 Å². The molecule has 0 saturated carbocycles. The zero-order valence-corrected chi connectivity index (χ0v) is 12.0. The van der Waals surface area contributed by atoms with Crippen molar-refractivity contribution in [2.24, 2.45) is 7.05 Å². The average molecular weight is 285 g/mol. The van der Waals surface area contributed by atoms with Gasteiger partial charge in [0.1, 0.15) is 10.6 Å². The summed E-state index contributed by atoms with van der Waals surface area (Å²) in [5, 5.41) is 11.3. The average Bonchev–Trinajstić information content (AvgIpc) is 2.85. The van der Waals surface area contributed by atoms with Gasteiger partial charge in [-0.2, -0.15) is 4.31 Å². The minimum absolute atomic E-state index is 0.110. The Balaban J connectivity index is 2.30. The van der Waals surface area contributed by atoms with Crippen LogP contribution in [0.1, 0.15) is 17.1 Å². The number of aromatic nitrogens is 4. The van der Waals surface area contributed by atoms with Crippen molar-refractivity contribution in [2.45, 2.75) is 25.3 Å². The van der Waals surface area contributed by atoms with E-state index < -0.39 is 10.0 Å². The molecule has 104 valence electrons. The summed E-state index contributed by atoms with van der Waals surface area (Å²) in [6.45, 7) is 3.31. The smallest absolute Gasteiger partial charge is 0.248 e. The Kier molecular flexibility index (Phi) is 3.42. The predicted octanol–water partition coefficient (Wildman–Crippen LogP) is 0.241. The lowest BCUT2D eigenvalue weighted by molar-refractivity contribution is 0.389. The fourth-order valence-electron chi connectivity index (χ4n) is 1.78. The van der Waals surface area contributed by atoms with E-state index in [-0.39, 0.29) is 17.2 Å². The van der Waals surface area contributed by atoms with Crippen LogP contribution >= 0.6 is 0 Å². The lowest BCUT2D eigenvalue weighted by Crippen LogP contribution is -2.27.